The molecule has 0 aliphatic carbocycles. The Morgan fingerprint density at radius 2 is 2.11 bits per heavy atom. The molecule has 1 heterocycles. The number of carbonyl (C=O) groups is 1. The predicted molar refractivity (Wildman–Crippen MR) is 64.4 cm³/mol. The summed E-state index contributed by atoms with van der Waals surface area (Å²) >= 11 is 0. The highest BCUT2D eigenvalue weighted by atomic mass is 16.5. The molecule has 0 amide bonds. The van der Waals surface area contributed by atoms with Crippen LogP contribution in [0.1, 0.15) is 12.6 Å². The van der Waals surface area contributed by atoms with Crippen molar-refractivity contribution in [2.45, 2.75) is 13.3 Å². The van der Waals surface area contributed by atoms with E-state index in [0.717, 1.165) is 11.3 Å². The lowest BCUT2D eigenvalue weighted by molar-refractivity contribution is -0.136. The maximum absolute atomic E-state index is 10.5. The van der Waals surface area contributed by atoms with Crippen molar-refractivity contribution in [3.8, 4) is 17.2 Å². The van der Waals surface area contributed by atoms with Gasteiger partial charge in [-0.2, -0.15) is 0 Å². The Labute approximate surface area is 104 Å². The minimum Gasteiger partial charge on any atom is -0.494 e. The fourth-order valence-corrected chi connectivity index (χ4v) is 1.54. The van der Waals surface area contributed by atoms with Crippen molar-refractivity contribution < 1.29 is 19.1 Å². The highest BCUT2D eigenvalue weighted by Gasteiger charge is 2.09. The van der Waals surface area contributed by atoms with E-state index in [4.69, 9.17) is 14.3 Å². The second-order valence-electron chi connectivity index (χ2n) is 3.67. The molecular formula is C13H13NO4. The molecule has 1 N–H and O–H groups in total. The van der Waals surface area contributed by atoms with E-state index in [1.54, 1.807) is 0 Å². The molecule has 0 atom stereocenters. The van der Waals surface area contributed by atoms with Crippen molar-refractivity contribution >= 4 is 5.97 Å². The zero-order valence-electron chi connectivity index (χ0n) is 9.92. The molecular weight excluding hydrogens is 234 g/mol. The summed E-state index contributed by atoms with van der Waals surface area (Å²) in [4.78, 5) is 14.6. The third kappa shape index (κ3) is 2.88. The minimum absolute atomic E-state index is 0.138. The maximum atomic E-state index is 10.5. The minimum atomic E-state index is -0.929. The van der Waals surface area contributed by atoms with Crippen LogP contribution in [0.15, 0.2) is 34.9 Å². The van der Waals surface area contributed by atoms with E-state index in [1.165, 1.54) is 6.26 Å². The van der Waals surface area contributed by atoms with Crippen LogP contribution in [0.25, 0.3) is 11.5 Å². The molecule has 18 heavy (non-hydrogen) atoms. The van der Waals surface area contributed by atoms with Gasteiger partial charge in [0, 0.05) is 5.56 Å². The second kappa shape index (κ2) is 5.35. The van der Waals surface area contributed by atoms with Crippen molar-refractivity contribution in [3.63, 3.8) is 0 Å². The molecule has 0 aliphatic heterocycles. The Morgan fingerprint density at radius 1 is 1.39 bits per heavy atom. The molecule has 0 spiro atoms. The van der Waals surface area contributed by atoms with E-state index in [9.17, 15) is 4.79 Å². The number of rotatable bonds is 5. The molecule has 2 rings (SSSR count). The fourth-order valence-electron chi connectivity index (χ4n) is 1.54. The van der Waals surface area contributed by atoms with Gasteiger partial charge in [-0.15, -0.1) is 0 Å². The van der Waals surface area contributed by atoms with Crippen molar-refractivity contribution in [1.29, 1.82) is 0 Å². The van der Waals surface area contributed by atoms with Crippen molar-refractivity contribution in [3.05, 3.63) is 36.2 Å². The first kappa shape index (κ1) is 12.2. The van der Waals surface area contributed by atoms with Gasteiger partial charge >= 0.3 is 5.97 Å². The van der Waals surface area contributed by atoms with Crippen LogP contribution in [-0.4, -0.2) is 22.7 Å². The maximum Gasteiger partial charge on any atom is 0.309 e. The van der Waals surface area contributed by atoms with Gasteiger partial charge in [0.25, 0.3) is 0 Å². The van der Waals surface area contributed by atoms with Crippen LogP contribution in [0.3, 0.4) is 0 Å². The Hall–Kier alpha value is -2.30. The molecule has 0 unspecified atom stereocenters. The summed E-state index contributed by atoms with van der Waals surface area (Å²) in [5.74, 6) is 0.259. The van der Waals surface area contributed by atoms with Crippen LogP contribution >= 0.6 is 0 Å². The molecule has 94 valence electrons. The van der Waals surface area contributed by atoms with Gasteiger partial charge in [0.15, 0.2) is 0 Å². The number of hydrogen-bond donors (Lipinski definition) is 1. The Balaban J connectivity index is 2.15. The smallest absolute Gasteiger partial charge is 0.309 e. The first-order chi connectivity index (χ1) is 8.69. The fraction of sp³-hybridized carbons (Fsp3) is 0.231. The Kier molecular flexibility index (Phi) is 3.62. The largest absolute Gasteiger partial charge is 0.494 e. The zero-order chi connectivity index (χ0) is 13.0. The zero-order valence-corrected chi connectivity index (χ0v) is 9.92. The van der Waals surface area contributed by atoms with Crippen LogP contribution in [-0.2, 0) is 11.2 Å². The lowest BCUT2D eigenvalue weighted by Crippen LogP contribution is -1.99. The summed E-state index contributed by atoms with van der Waals surface area (Å²) in [6.45, 7) is 2.53. The molecule has 2 aromatic rings. The van der Waals surface area contributed by atoms with E-state index in [1.807, 2.05) is 31.2 Å². The number of aromatic nitrogens is 1. The number of carboxylic acid groups (broad SMARTS) is 1. The lowest BCUT2D eigenvalue weighted by Gasteiger charge is -2.02. The number of nitrogens with zero attached hydrogens (tertiary/aromatic N) is 1. The highest BCUT2D eigenvalue weighted by molar-refractivity contribution is 5.69. The average Bonchev–Trinajstić information content (AvgIpc) is 2.78. The summed E-state index contributed by atoms with van der Waals surface area (Å²) in [7, 11) is 0. The van der Waals surface area contributed by atoms with E-state index < -0.39 is 5.97 Å². The number of carboxylic acids is 1. The van der Waals surface area contributed by atoms with Gasteiger partial charge < -0.3 is 14.3 Å². The van der Waals surface area contributed by atoms with Crippen LogP contribution < -0.4 is 4.74 Å². The van der Waals surface area contributed by atoms with Crippen LogP contribution in [0, 0.1) is 0 Å². The third-order valence-electron chi connectivity index (χ3n) is 2.30. The number of benzene rings is 1. The molecule has 5 heteroatoms. The molecule has 5 nitrogen and oxygen atoms in total. The van der Waals surface area contributed by atoms with E-state index >= 15 is 0 Å². The van der Waals surface area contributed by atoms with E-state index in [0.29, 0.717) is 18.2 Å². The molecule has 0 radical (unpaired) electrons. The van der Waals surface area contributed by atoms with Gasteiger partial charge in [0.2, 0.25) is 5.89 Å². The molecule has 0 bridgehead atoms. The van der Waals surface area contributed by atoms with Gasteiger partial charge in [-0.3, -0.25) is 4.79 Å². The summed E-state index contributed by atoms with van der Waals surface area (Å²) < 4.78 is 10.6. The van der Waals surface area contributed by atoms with Crippen LogP contribution in [0.4, 0.5) is 0 Å². The molecule has 1 aromatic carbocycles. The van der Waals surface area contributed by atoms with Gasteiger partial charge in [-0.05, 0) is 31.2 Å². The van der Waals surface area contributed by atoms with E-state index in [-0.39, 0.29) is 6.42 Å². The average molecular weight is 247 g/mol. The SMILES string of the molecule is CCOc1ccc(-c2nc(CC(=O)O)co2)cc1. The number of ether oxygens (including phenoxy) is 1. The predicted octanol–water partition coefficient (Wildman–Crippen LogP) is 2.37. The molecule has 0 fully saturated rings. The topological polar surface area (TPSA) is 72.6 Å². The molecule has 1 aromatic heterocycles. The standard InChI is InChI=1S/C13H13NO4/c1-2-17-11-5-3-9(4-6-11)13-14-10(8-18-13)7-12(15)16/h3-6,8H,2,7H2,1H3,(H,15,16). The van der Waals surface area contributed by atoms with Crippen molar-refractivity contribution in [1.82, 2.24) is 4.98 Å². The second-order valence-corrected chi connectivity index (χ2v) is 3.67. The van der Waals surface area contributed by atoms with E-state index in [2.05, 4.69) is 4.98 Å². The van der Waals surface area contributed by atoms with Crippen LogP contribution in [0.5, 0.6) is 5.75 Å². The first-order valence-electron chi connectivity index (χ1n) is 5.58. The number of hydrogen-bond acceptors (Lipinski definition) is 4. The number of oxazole rings is 1. The number of aliphatic carboxylic acids is 1. The normalized spacial score (nSPS) is 10.3. The monoisotopic (exact) mass is 247 g/mol. The van der Waals surface area contributed by atoms with Gasteiger partial charge in [-0.1, -0.05) is 0 Å². The Morgan fingerprint density at radius 3 is 2.72 bits per heavy atom. The van der Waals surface area contributed by atoms with Crippen LogP contribution in [0.2, 0.25) is 0 Å². The Bertz CT molecular complexity index is 530. The van der Waals surface area contributed by atoms with Gasteiger partial charge in [0.1, 0.15) is 12.0 Å². The molecule has 0 saturated carbocycles. The van der Waals surface area contributed by atoms with Crippen molar-refractivity contribution in [2.24, 2.45) is 0 Å². The van der Waals surface area contributed by atoms with Gasteiger partial charge in [-0.25, -0.2) is 4.98 Å². The molecule has 0 saturated heterocycles. The molecule has 0 aliphatic rings. The van der Waals surface area contributed by atoms with Gasteiger partial charge in [0.05, 0.1) is 18.7 Å². The first-order valence-corrected chi connectivity index (χ1v) is 5.58. The summed E-state index contributed by atoms with van der Waals surface area (Å²) in [5, 5.41) is 8.64. The summed E-state index contributed by atoms with van der Waals surface area (Å²) in [5.41, 5.74) is 1.20. The quantitative estimate of drug-likeness (QED) is 0.878. The summed E-state index contributed by atoms with van der Waals surface area (Å²) in [6, 6.07) is 7.28. The third-order valence-corrected chi connectivity index (χ3v) is 2.30. The summed E-state index contributed by atoms with van der Waals surface area (Å²) in [6.07, 6.45) is 1.22. The van der Waals surface area contributed by atoms with Crippen molar-refractivity contribution in [2.75, 3.05) is 6.61 Å². The lowest BCUT2D eigenvalue weighted by atomic mass is 10.2. The highest BCUT2D eigenvalue weighted by Crippen LogP contribution is 2.22.